The Morgan fingerprint density at radius 1 is 1.38 bits per heavy atom. The average Bonchev–Trinajstić information content (AvgIpc) is 2.60. The second kappa shape index (κ2) is 4.35. The molecule has 0 aliphatic carbocycles. The zero-order valence-corrected chi connectivity index (χ0v) is 10.8. The maximum absolute atomic E-state index is 5.52. The second-order valence-corrected chi connectivity index (χ2v) is 4.50. The fraction of sp³-hybridized carbons (Fsp3) is 0.273. The van der Waals surface area contributed by atoms with Crippen LogP contribution < -0.4 is 5.73 Å². The maximum atomic E-state index is 5.52. The van der Waals surface area contributed by atoms with Gasteiger partial charge in [-0.1, -0.05) is 6.07 Å². The van der Waals surface area contributed by atoms with Crippen molar-refractivity contribution in [3.8, 4) is 5.69 Å². The molecule has 0 spiro atoms. The van der Waals surface area contributed by atoms with Gasteiger partial charge in [0.1, 0.15) is 5.82 Å². The Morgan fingerprint density at radius 2 is 2.12 bits per heavy atom. The van der Waals surface area contributed by atoms with E-state index in [0.29, 0.717) is 12.4 Å². The highest BCUT2D eigenvalue weighted by molar-refractivity contribution is 9.10. The van der Waals surface area contributed by atoms with E-state index in [1.165, 1.54) is 5.56 Å². The highest BCUT2D eigenvalue weighted by Gasteiger charge is 2.09. The van der Waals surface area contributed by atoms with Crippen molar-refractivity contribution in [3.63, 3.8) is 0 Å². The summed E-state index contributed by atoms with van der Waals surface area (Å²) < 4.78 is 2.80. The molecular weight excluding hydrogens is 268 g/mol. The molecule has 2 rings (SSSR count). The number of aryl methyl sites for hydroxylation is 2. The fourth-order valence-corrected chi connectivity index (χ4v) is 2.20. The largest absolute Gasteiger partial charge is 0.324 e. The first-order chi connectivity index (χ1) is 7.61. The molecule has 0 atom stereocenters. The van der Waals surface area contributed by atoms with Crippen LogP contribution in [0.3, 0.4) is 0 Å². The van der Waals surface area contributed by atoms with Gasteiger partial charge < -0.3 is 5.73 Å². The molecule has 0 unspecified atom stereocenters. The number of nitrogens with two attached hydrogens (primary N) is 1. The molecule has 0 radical (unpaired) electrons. The summed E-state index contributed by atoms with van der Waals surface area (Å²) in [6.07, 6.45) is 0. The van der Waals surface area contributed by atoms with E-state index in [4.69, 9.17) is 5.73 Å². The van der Waals surface area contributed by atoms with Crippen molar-refractivity contribution in [1.82, 2.24) is 14.8 Å². The zero-order valence-electron chi connectivity index (χ0n) is 9.24. The van der Waals surface area contributed by atoms with Gasteiger partial charge in [0.2, 0.25) is 0 Å². The lowest BCUT2D eigenvalue weighted by atomic mass is 10.2. The van der Waals surface area contributed by atoms with Gasteiger partial charge in [-0.25, -0.2) is 9.67 Å². The van der Waals surface area contributed by atoms with Gasteiger partial charge in [0.25, 0.3) is 0 Å². The van der Waals surface area contributed by atoms with E-state index >= 15 is 0 Å². The van der Waals surface area contributed by atoms with Crippen LogP contribution in [-0.4, -0.2) is 14.8 Å². The van der Waals surface area contributed by atoms with Crippen LogP contribution >= 0.6 is 15.9 Å². The van der Waals surface area contributed by atoms with Crippen LogP contribution in [0.1, 0.15) is 17.2 Å². The Hall–Kier alpha value is -1.20. The number of hydrogen-bond acceptors (Lipinski definition) is 3. The Kier molecular flexibility index (Phi) is 3.07. The lowest BCUT2D eigenvalue weighted by Crippen LogP contribution is -2.02. The van der Waals surface area contributed by atoms with E-state index in [2.05, 4.69) is 32.1 Å². The van der Waals surface area contributed by atoms with Gasteiger partial charge in [0.05, 0.1) is 12.2 Å². The normalized spacial score (nSPS) is 10.8. The molecule has 2 N–H and O–H groups in total. The van der Waals surface area contributed by atoms with Crippen LogP contribution in [0.5, 0.6) is 0 Å². The molecule has 1 aromatic carbocycles. The van der Waals surface area contributed by atoms with Crippen LogP contribution in [0.4, 0.5) is 0 Å². The summed E-state index contributed by atoms with van der Waals surface area (Å²) in [7, 11) is 0. The molecule has 1 aromatic heterocycles. The van der Waals surface area contributed by atoms with Crippen molar-refractivity contribution < 1.29 is 0 Å². The van der Waals surface area contributed by atoms with Crippen molar-refractivity contribution in [2.45, 2.75) is 20.4 Å². The summed E-state index contributed by atoms with van der Waals surface area (Å²) in [5.41, 5.74) is 7.71. The Labute approximate surface area is 103 Å². The molecule has 1 heterocycles. The third-order valence-electron chi connectivity index (χ3n) is 2.33. The first kappa shape index (κ1) is 11.3. The molecule has 0 saturated heterocycles. The summed E-state index contributed by atoms with van der Waals surface area (Å²) in [5, 5.41) is 4.34. The van der Waals surface area contributed by atoms with Crippen molar-refractivity contribution in [3.05, 3.63) is 39.9 Å². The fourth-order valence-electron chi connectivity index (χ4n) is 1.54. The summed E-state index contributed by atoms with van der Waals surface area (Å²) in [4.78, 5) is 4.28. The highest BCUT2D eigenvalue weighted by atomic mass is 79.9. The number of rotatable bonds is 2. The SMILES string of the molecule is Cc1ccc(-n2nc(CN)nc2C)c(Br)c1. The van der Waals surface area contributed by atoms with E-state index in [0.717, 1.165) is 16.0 Å². The van der Waals surface area contributed by atoms with Gasteiger partial charge >= 0.3 is 0 Å². The molecule has 2 aromatic rings. The maximum Gasteiger partial charge on any atom is 0.164 e. The Bertz CT molecular complexity index is 519. The summed E-state index contributed by atoms with van der Waals surface area (Å²) in [5.74, 6) is 1.50. The molecule has 84 valence electrons. The molecular formula is C11H13BrN4. The lowest BCUT2D eigenvalue weighted by molar-refractivity contribution is 0.809. The standard InChI is InChI=1S/C11H13BrN4/c1-7-3-4-10(9(12)5-7)16-8(2)14-11(6-13)15-16/h3-5H,6,13H2,1-2H3. The van der Waals surface area contributed by atoms with Gasteiger partial charge in [-0.3, -0.25) is 0 Å². The molecule has 0 amide bonds. The summed E-state index contributed by atoms with van der Waals surface area (Å²) in [6, 6.07) is 6.11. The minimum absolute atomic E-state index is 0.358. The Balaban J connectivity index is 2.53. The van der Waals surface area contributed by atoms with E-state index < -0.39 is 0 Å². The molecule has 0 aliphatic heterocycles. The molecule has 4 nitrogen and oxygen atoms in total. The second-order valence-electron chi connectivity index (χ2n) is 3.65. The number of aromatic nitrogens is 3. The molecule has 0 bridgehead atoms. The third-order valence-corrected chi connectivity index (χ3v) is 2.96. The predicted octanol–water partition coefficient (Wildman–Crippen LogP) is 2.11. The molecule has 0 aliphatic rings. The van der Waals surface area contributed by atoms with Gasteiger partial charge in [-0.2, -0.15) is 0 Å². The molecule has 5 heteroatoms. The third kappa shape index (κ3) is 2.01. The minimum Gasteiger partial charge on any atom is -0.324 e. The molecule has 16 heavy (non-hydrogen) atoms. The van der Waals surface area contributed by atoms with Crippen molar-refractivity contribution in [1.29, 1.82) is 0 Å². The first-order valence-corrected chi connectivity index (χ1v) is 5.80. The molecule has 0 fully saturated rings. The lowest BCUT2D eigenvalue weighted by Gasteiger charge is -2.06. The van der Waals surface area contributed by atoms with Gasteiger partial charge in [0, 0.05) is 4.47 Å². The number of hydrogen-bond donors (Lipinski definition) is 1. The molecule has 0 saturated carbocycles. The number of halogens is 1. The zero-order chi connectivity index (χ0) is 11.7. The highest BCUT2D eigenvalue weighted by Crippen LogP contribution is 2.22. The van der Waals surface area contributed by atoms with Crippen molar-refractivity contribution >= 4 is 15.9 Å². The van der Waals surface area contributed by atoms with Crippen LogP contribution in [0, 0.1) is 13.8 Å². The topological polar surface area (TPSA) is 56.7 Å². The Morgan fingerprint density at radius 3 is 2.69 bits per heavy atom. The van der Waals surface area contributed by atoms with Gasteiger partial charge in [-0.05, 0) is 47.5 Å². The van der Waals surface area contributed by atoms with Crippen molar-refractivity contribution in [2.75, 3.05) is 0 Å². The van der Waals surface area contributed by atoms with E-state index in [9.17, 15) is 0 Å². The number of nitrogens with zero attached hydrogens (tertiary/aromatic N) is 3. The smallest absolute Gasteiger partial charge is 0.164 e. The number of benzene rings is 1. The van der Waals surface area contributed by atoms with Crippen LogP contribution in [0.25, 0.3) is 5.69 Å². The first-order valence-electron chi connectivity index (χ1n) is 5.01. The van der Waals surface area contributed by atoms with E-state index in [-0.39, 0.29) is 0 Å². The van der Waals surface area contributed by atoms with Crippen LogP contribution in [0.2, 0.25) is 0 Å². The average molecular weight is 281 g/mol. The monoisotopic (exact) mass is 280 g/mol. The quantitative estimate of drug-likeness (QED) is 0.917. The van der Waals surface area contributed by atoms with Crippen molar-refractivity contribution in [2.24, 2.45) is 5.73 Å². The predicted molar refractivity (Wildman–Crippen MR) is 66.4 cm³/mol. The van der Waals surface area contributed by atoms with E-state index in [1.807, 2.05) is 26.0 Å². The van der Waals surface area contributed by atoms with Gasteiger partial charge in [-0.15, -0.1) is 5.10 Å². The van der Waals surface area contributed by atoms with Crippen LogP contribution in [-0.2, 0) is 6.54 Å². The minimum atomic E-state index is 0.358. The van der Waals surface area contributed by atoms with Gasteiger partial charge in [0.15, 0.2) is 5.82 Å². The summed E-state index contributed by atoms with van der Waals surface area (Å²) in [6.45, 7) is 4.32. The summed E-state index contributed by atoms with van der Waals surface area (Å²) >= 11 is 3.53. The van der Waals surface area contributed by atoms with Crippen LogP contribution in [0.15, 0.2) is 22.7 Å². The van der Waals surface area contributed by atoms with E-state index in [1.54, 1.807) is 4.68 Å².